The highest BCUT2D eigenvalue weighted by Crippen LogP contribution is 2.23. The smallest absolute Gasteiger partial charge is 0.329 e. The van der Waals surface area contributed by atoms with E-state index in [4.69, 9.17) is 40.5 Å². The minimum atomic E-state index is -0.779. The molecule has 0 fully saturated rings. The molecule has 0 aliphatic rings. The fourth-order valence-corrected chi connectivity index (χ4v) is 3.74. The summed E-state index contributed by atoms with van der Waals surface area (Å²) in [6.45, 7) is -0.484. The molecule has 4 rings (SSSR count). The van der Waals surface area contributed by atoms with Crippen molar-refractivity contribution >= 4 is 57.7 Å². The van der Waals surface area contributed by atoms with E-state index in [0.29, 0.717) is 22.0 Å². The van der Waals surface area contributed by atoms with Crippen LogP contribution in [-0.2, 0) is 17.9 Å². The van der Waals surface area contributed by atoms with E-state index in [9.17, 15) is 14.4 Å². The number of fused-ring (bicyclic) bond motifs is 1. The lowest BCUT2D eigenvalue weighted by Crippen LogP contribution is -2.31. The maximum absolute atomic E-state index is 13.1. The van der Waals surface area contributed by atoms with Crippen LogP contribution in [0.3, 0.4) is 0 Å². The van der Waals surface area contributed by atoms with E-state index < -0.39 is 23.9 Å². The number of imidazole rings is 2. The lowest BCUT2D eigenvalue weighted by molar-refractivity contribution is -0.118. The summed E-state index contributed by atoms with van der Waals surface area (Å²) in [4.78, 5) is 48.9. The molecule has 3 N–H and O–H groups in total. The second-order valence-electron chi connectivity index (χ2n) is 6.62. The zero-order valence-electron chi connectivity index (χ0n) is 15.6. The molecule has 1 aromatic carbocycles. The molecule has 0 bridgehead atoms. The van der Waals surface area contributed by atoms with Gasteiger partial charge in [0.05, 0.1) is 17.1 Å². The molecule has 158 valence electrons. The Morgan fingerprint density at radius 2 is 1.87 bits per heavy atom. The fraction of sp³-hybridized carbons (Fsp3) is 0.105. The Morgan fingerprint density at radius 1 is 1.10 bits per heavy atom. The van der Waals surface area contributed by atoms with Gasteiger partial charge in [-0.05, 0) is 30.3 Å². The number of carbonyl (C=O) groups is 2. The summed E-state index contributed by atoms with van der Waals surface area (Å²) in [5, 5.41) is 0.749. The molecular formula is C19H13Cl3N6O3. The second kappa shape index (κ2) is 8.18. The van der Waals surface area contributed by atoms with Gasteiger partial charge >= 0.3 is 5.69 Å². The average molecular weight is 480 g/mol. The molecule has 1 amide bonds. The van der Waals surface area contributed by atoms with E-state index >= 15 is 0 Å². The summed E-state index contributed by atoms with van der Waals surface area (Å²) in [7, 11) is 0. The van der Waals surface area contributed by atoms with Crippen molar-refractivity contribution in [2.75, 3.05) is 0 Å². The number of halogens is 3. The maximum Gasteiger partial charge on any atom is 0.329 e. The molecule has 0 unspecified atom stereocenters. The highest BCUT2D eigenvalue weighted by atomic mass is 35.5. The van der Waals surface area contributed by atoms with Crippen LogP contribution in [0, 0.1) is 0 Å². The van der Waals surface area contributed by atoms with Crippen LogP contribution in [0.5, 0.6) is 0 Å². The van der Waals surface area contributed by atoms with E-state index in [0.717, 1.165) is 4.57 Å². The molecule has 3 aromatic heterocycles. The molecule has 0 saturated carbocycles. The molecular weight excluding hydrogens is 467 g/mol. The average Bonchev–Trinajstić information content (AvgIpc) is 3.22. The van der Waals surface area contributed by atoms with Crippen LogP contribution in [0.25, 0.3) is 11.2 Å². The predicted octanol–water partition coefficient (Wildman–Crippen LogP) is 2.65. The summed E-state index contributed by atoms with van der Waals surface area (Å²) in [6, 6.07) is 7.67. The topological polar surface area (TPSA) is 129 Å². The Labute approximate surface area is 189 Å². The van der Waals surface area contributed by atoms with E-state index in [2.05, 4.69) is 15.0 Å². The molecule has 9 nitrogen and oxygen atoms in total. The molecule has 3 heterocycles. The van der Waals surface area contributed by atoms with E-state index in [1.807, 2.05) is 0 Å². The molecule has 4 aromatic rings. The van der Waals surface area contributed by atoms with Gasteiger partial charge in [0.25, 0.3) is 0 Å². The van der Waals surface area contributed by atoms with Crippen molar-refractivity contribution in [1.82, 2.24) is 24.1 Å². The van der Waals surface area contributed by atoms with Gasteiger partial charge in [-0.3, -0.25) is 18.7 Å². The number of hydrogen-bond acceptors (Lipinski definition) is 5. The van der Waals surface area contributed by atoms with Crippen LogP contribution in [0.1, 0.15) is 21.9 Å². The molecule has 0 atom stereocenters. The number of nitrogens with one attached hydrogen (secondary N) is 1. The minimum absolute atomic E-state index is 0.00674. The quantitative estimate of drug-likeness (QED) is 0.324. The number of aromatic nitrogens is 5. The van der Waals surface area contributed by atoms with Crippen LogP contribution < -0.4 is 11.4 Å². The number of rotatable bonds is 6. The Balaban J connectivity index is 1.76. The van der Waals surface area contributed by atoms with Crippen molar-refractivity contribution in [2.45, 2.75) is 13.1 Å². The van der Waals surface area contributed by atoms with Crippen LogP contribution in [-0.4, -0.2) is 35.8 Å². The number of ketones is 1. The number of carbonyl (C=O) groups excluding carboxylic acids is 2. The third kappa shape index (κ3) is 4.20. The number of aromatic amines is 1. The Hall–Kier alpha value is -3.14. The molecule has 0 saturated heterocycles. The number of H-pyrrole nitrogens is 1. The van der Waals surface area contributed by atoms with Gasteiger partial charge in [0.1, 0.15) is 23.2 Å². The van der Waals surface area contributed by atoms with Crippen LogP contribution in [0.4, 0.5) is 0 Å². The number of amides is 1. The SMILES string of the molecule is NC(=O)Cn1c(C(=O)c2ccc(Cl)cc2Cl)cn(Cc2nc3nc(Cl)ccc3[nH]2)c1=O. The van der Waals surface area contributed by atoms with Crippen molar-refractivity contribution in [3.8, 4) is 0 Å². The Bertz CT molecular complexity index is 1400. The van der Waals surface area contributed by atoms with Gasteiger partial charge in [0.2, 0.25) is 11.7 Å². The lowest BCUT2D eigenvalue weighted by Gasteiger charge is -2.06. The van der Waals surface area contributed by atoms with E-state index in [-0.39, 0.29) is 28.0 Å². The summed E-state index contributed by atoms with van der Waals surface area (Å²) in [5.41, 5.74) is 5.76. The molecule has 0 aliphatic heterocycles. The van der Waals surface area contributed by atoms with Crippen molar-refractivity contribution in [3.63, 3.8) is 0 Å². The Morgan fingerprint density at radius 3 is 2.58 bits per heavy atom. The molecule has 0 radical (unpaired) electrons. The molecule has 12 heteroatoms. The monoisotopic (exact) mass is 478 g/mol. The minimum Gasteiger partial charge on any atom is -0.368 e. The number of pyridine rings is 1. The third-order valence-electron chi connectivity index (χ3n) is 4.45. The van der Waals surface area contributed by atoms with E-state index in [1.165, 1.54) is 29.0 Å². The van der Waals surface area contributed by atoms with Crippen molar-refractivity contribution < 1.29 is 9.59 Å². The number of nitrogens with zero attached hydrogens (tertiary/aromatic N) is 4. The first-order valence-electron chi connectivity index (χ1n) is 8.82. The predicted molar refractivity (Wildman–Crippen MR) is 116 cm³/mol. The highest BCUT2D eigenvalue weighted by molar-refractivity contribution is 6.37. The van der Waals surface area contributed by atoms with Gasteiger partial charge in [-0.2, -0.15) is 0 Å². The third-order valence-corrected chi connectivity index (χ3v) is 5.21. The maximum atomic E-state index is 13.1. The molecule has 0 aliphatic carbocycles. The largest absolute Gasteiger partial charge is 0.368 e. The van der Waals surface area contributed by atoms with Crippen molar-refractivity contribution in [1.29, 1.82) is 0 Å². The lowest BCUT2D eigenvalue weighted by atomic mass is 10.1. The van der Waals surface area contributed by atoms with Crippen LogP contribution >= 0.6 is 34.8 Å². The number of hydrogen-bond donors (Lipinski definition) is 2. The summed E-state index contributed by atoms with van der Waals surface area (Å²) in [6.07, 6.45) is 1.33. The molecule has 0 spiro atoms. The fourth-order valence-electron chi connectivity index (χ4n) is 3.10. The van der Waals surface area contributed by atoms with E-state index in [1.54, 1.807) is 12.1 Å². The molecule has 31 heavy (non-hydrogen) atoms. The summed E-state index contributed by atoms with van der Waals surface area (Å²) < 4.78 is 2.23. The van der Waals surface area contributed by atoms with Gasteiger partial charge < -0.3 is 10.7 Å². The van der Waals surface area contributed by atoms with Gasteiger partial charge in [-0.1, -0.05) is 34.8 Å². The van der Waals surface area contributed by atoms with Crippen molar-refractivity contribution in [2.24, 2.45) is 5.73 Å². The summed E-state index contributed by atoms with van der Waals surface area (Å²) in [5.74, 6) is -0.929. The van der Waals surface area contributed by atoms with Crippen LogP contribution in [0.2, 0.25) is 15.2 Å². The standard InChI is InChI=1S/C19H13Cl3N6O3/c20-9-1-2-10(11(21)5-9)17(30)13-6-27(19(31)28(13)7-15(23)29)8-16-24-12-3-4-14(22)25-18(12)26-16/h1-6H,7-8H2,(H2,23,29)(H,24,25,26). The summed E-state index contributed by atoms with van der Waals surface area (Å²) >= 11 is 17.9. The first-order valence-corrected chi connectivity index (χ1v) is 9.95. The van der Waals surface area contributed by atoms with Gasteiger partial charge in [0.15, 0.2) is 5.65 Å². The van der Waals surface area contributed by atoms with Gasteiger partial charge in [-0.25, -0.2) is 14.8 Å². The Kier molecular flexibility index (Phi) is 5.57. The van der Waals surface area contributed by atoms with Gasteiger partial charge in [-0.15, -0.1) is 0 Å². The van der Waals surface area contributed by atoms with Crippen LogP contribution in [0.15, 0.2) is 41.3 Å². The number of benzene rings is 1. The normalized spacial score (nSPS) is 11.2. The number of nitrogens with two attached hydrogens (primary N) is 1. The number of primary amides is 1. The zero-order valence-corrected chi connectivity index (χ0v) is 17.9. The zero-order chi connectivity index (χ0) is 22.3. The van der Waals surface area contributed by atoms with Gasteiger partial charge in [0, 0.05) is 16.8 Å². The van der Waals surface area contributed by atoms with Crippen molar-refractivity contribution in [3.05, 3.63) is 79.3 Å². The highest BCUT2D eigenvalue weighted by Gasteiger charge is 2.23. The first kappa shape index (κ1) is 21.1. The second-order valence-corrected chi connectivity index (χ2v) is 7.85. The first-order chi connectivity index (χ1) is 14.7.